The average Bonchev–Trinajstić information content (AvgIpc) is 2.95. The molecule has 2 amide bonds. The summed E-state index contributed by atoms with van der Waals surface area (Å²) >= 11 is 4.38. The van der Waals surface area contributed by atoms with E-state index >= 15 is 0 Å². The predicted octanol–water partition coefficient (Wildman–Crippen LogP) is 2.86. The Kier molecular flexibility index (Phi) is 5.96. The first-order valence-electron chi connectivity index (χ1n) is 6.27. The second-order valence-electron chi connectivity index (χ2n) is 3.94. The molecule has 0 saturated carbocycles. The van der Waals surface area contributed by atoms with Gasteiger partial charge in [0, 0.05) is 10.0 Å². The third kappa shape index (κ3) is 4.85. The van der Waals surface area contributed by atoms with Crippen molar-refractivity contribution in [1.29, 1.82) is 0 Å². The van der Waals surface area contributed by atoms with E-state index in [0.29, 0.717) is 5.89 Å². The number of imide groups is 1. The summed E-state index contributed by atoms with van der Waals surface area (Å²) in [5, 5.41) is 10.1. The summed E-state index contributed by atoms with van der Waals surface area (Å²) in [6, 6.07) is 7.39. The summed E-state index contributed by atoms with van der Waals surface area (Å²) in [5.74, 6) is -0.159. The smallest absolute Gasteiger partial charge is 0.413 e. The Hall–Kier alpha value is -1.87. The molecule has 1 aromatic heterocycles. The van der Waals surface area contributed by atoms with E-state index in [1.165, 1.54) is 0 Å². The largest absolute Gasteiger partial charge is 0.450 e. The minimum absolute atomic E-state index is 0.0270. The first kappa shape index (κ1) is 16.5. The molecule has 22 heavy (non-hydrogen) atoms. The van der Waals surface area contributed by atoms with E-state index in [1.54, 1.807) is 6.92 Å². The number of hydrogen-bond acceptors (Lipinski definition) is 7. The summed E-state index contributed by atoms with van der Waals surface area (Å²) in [5.41, 5.74) is 0.776. The Morgan fingerprint density at radius 1 is 1.32 bits per heavy atom. The monoisotopic (exact) mass is 385 g/mol. The lowest BCUT2D eigenvalue weighted by molar-refractivity contribution is -0.117. The van der Waals surface area contributed by atoms with Gasteiger partial charge < -0.3 is 9.15 Å². The zero-order chi connectivity index (χ0) is 15.9. The van der Waals surface area contributed by atoms with Gasteiger partial charge in [0.05, 0.1) is 12.4 Å². The normalized spacial score (nSPS) is 10.3. The number of benzene rings is 1. The number of carbonyl (C=O) groups is 2. The molecule has 9 heteroatoms. The Labute approximate surface area is 138 Å². The highest BCUT2D eigenvalue weighted by atomic mass is 79.9. The number of rotatable bonds is 5. The first-order valence-corrected chi connectivity index (χ1v) is 8.05. The van der Waals surface area contributed by atoms with Gasteiger partial charge in [0.25, 0.3) is 5.22 Å². The molecule has 0 atom stereocenters. The van der Waals surface area contributed by atoms with Crippen LogP contribution in [0.4, 0.5) is 4.79 Å². The van der Waals surface area contributed by atoms with Crippen LogP contribution in [0.1, 0.15) is 6.92 Å². The minimum Gasteiger partial charge on any atom is -0.450 e. The van der Waals surface area contributed by atoms with Gasteiger partial charge in [-0.3, -0.25) is 10.1 Å². The van der Waals surface area contributed by atoms with Crippen LogP contribution in [0.5, 0.6) is 0 Å². The molecule has 1 aromatic carbocycles. The zero-order valence-corrected chi connectivity index (χ0v) is 13.9. The fourth-order valence-corrected chi connectivity index (χ4v) is 2.25. The number of thioether (sulfide) groups is 1. The van der Waals surface area contributed by atoms with Crippen molar-refractivity contribution in [3.8, 4) is 11.5 Å². The third-order valence-corrected chi connectivity index (χ3v) is 3.69. The summed E-state index contributed by atoms with van der Waals surface area (Å²) in [7, 11) is 0. The molecule has 0 saturated heterocycles. The van der Waals surface area contributed by atoms with Gasteiger partial charge in [0.1, 0.15) is 0 Å². The number of amides is 2. The van der Waals surface area contributed by atoms with Gasteiger partial charge in [0.2, 0.25) is 11.8 Å². The quantitative estimate of drug-likeness (QED) is 0.790. The highest BCUT2D eigenvalue weighted by Gasteiger charge is 2.13. The van der Waals surface area contributed by atoms with E-state index in [4.69, 9.17) is 4.42 Å². The standard InChI is InChI=1S/C13H12BrN3O4S/c1-2-20-12(19)15-10(18)7-22-13-17-16-11(21-13)8-3-5-9(14)6-4-8/h3-6H,2,7H2,1H3,(H,15,18,19). The molecule has 0 aliphatic heterocycles. The van der Waals surface area contributed by atoms with Crippen LogP contribution in [-0.4, -0.2) is 34.6 Å². The third-order valence-electron chi connectivity index (χ3n) is 2.34. The van der Waals surface area contributed by atoms with E-state index in [9.17, 15) is 9.59 Å². The van der Waals surface area contributed by atoms with Crippen LogP contribution >= 0.6 is 27.7 Å². The Morgan fingerprint density at radius 3 is 2.73 bits per heavy atom. The molecule has 0 aliphatic rings. The molecule has 2 aromatic rings. The second-order valence-corrected chi connectivity index (χ2v) is 5.78. The van der Waals surface area contributed by atoms with E-state index in [1.807, 2.05) is 24.3 Å². The van der Waals surface area contributed by atoms with Gasteiger partial charge in [-0.2, -0.15) is 0 Å². The number of carbonyl (C=O) groups excluding carboxylic acids is 2. The summed E-state index contributed by atoms with van der Waals surface area (Å²) < 4.78 is 11.0. The van der Waals surface area contributed by atoms with Crippen molar-refractivity contribution in [2.24, 2.45) is 0 Å². The Bertz CT molecular complexity index is 660. The van der Waals surface area contributed by atoms with Gasteiger partial charge in [-0.25, -0.2) is 4.79 Å². The molecule has 1 N–H and O–H groups in total. The number of aromatic nitrogens is 2. The Morgan fingerprint density at radius 2 is 2.05 bits per heavy atom. The van der Waals surface area contributed by atoms with E-state index in [0.717, 1.165) is 21.8 Å². The maximum atomic E-state index is 11.5. The minimum atomic E-state index is -0.769. The van der Waals surface area contributed by atoms with Gasteiger partial charge >= 0.3 is 6.09 Å². The van der Waals surface area contributed by atoms with Crippen LogP contribution in [0.2, 0.25) is 0 Å². The van der Waals surface area contributed by atoms with Crippen molar-refractivity contribution >= 4 is 39.7 Å². The Balaban J connectivity index is 1.88. The summed E-state index contributed by atoms with van der Waals surface area (Å²) in [6.07, 6.45) is -0.769. The highest BCUT2D eigenvalue weighted by Crippen LogP contribution is 2.24. The van der Waals surface area contributed by atoms with Crippen LogP contribution in [-0.2, 0) is 9.53 Å². The topological polar surface area (TPSA) is 94.3 Å². The number of nitrogens with one attached hydrogen (secondary N) is 1. The van der Waals surface area contributed by atoms with Crippen LogP contribution < -0.4 is 5.32 Å². The molecular weight excluding hydrogens is 374 g/mol. The van der Waals surface area contributed by atoms with Crippen molar-refractivity contribution in [1.82, 2.24) is 15.5 Å². The molecule has 7 nitrogen and oxygen atoms in total. The number of hydrogen-bond donors (Lipinski definition) is 1. The maximum absolute atomic E-state index is 11.5. The first-order chi connectivity index (χ1) is 10.6. The van der Waals surface area contributed by atoms with Crippen LogP contribution in [0.15, 0.2) is 38.4 Å². The van der Waals surface area contributed by atoms with Crippen molar-refractivity contribution in [2.45, 2.75) is 12.1 Å². The lowest BCUT2D eigenvalue weighted by Crippen LogP contribution is -2.32. The van der Waals surface area contributed by atoms with Gasteiger partial charge in [-0.1, -0.05) is 27.7 Å². The van der Waals surface area contributed by atoms with Crippen molar-refractivity contribution in [3.05, 3.63) is 28.7 Å². The van der Waals surface area contributed by atoms with Gasteiger partial charge in [0.15, 0.2) is 0 Å². The SMILES string of the molecule is CCOC(=O)NC(=O)CSc1nnc(-c2ccc(Br)cc2)o1. The van der Waals surface area contributed by atoms with Gasteiger partial charge in [-0.05, 0) is 31.2 Å². The molecule has 1 heterocycles. The predicted molar refractivity (Wildman–Crippen MR) is 83.3 cm³/mol. The van der Waals surface area contributed by atoms with Crippen LogP contribution in [0, 0.1) is 0 Å². The zero-order valence-electron chi connectivity index (χ0n) is 11.5. The van der Waals surface area contributed by atoms with Crippen molar-refractivity contribution in [2.75, 3.05) is 12.4 Å². The van der Waals surface area contributed by atoms with E-state index in [-0.39, 0.29) is 17.6 Å². The highest BCUT2D eigenvalue weighted by molar-refractivity contribution is 9.10. The molecule has 0 fully saturated rings. The number of alkyl carbamates (subject to hydrolysis) is 1. The second kappa shape index (κ2) is 7.95. The van der Waals surface area contributed by atoms with Crippen LogP contribution in [0.25, 0.3) is 11.5 Å². The number of ether oxygens (including phenoxy) is 1. The van der Waals surface area contributed by atoms with Crippen molar-refractivity contribution in [3.63, 3.8) is 0 Å². The van der Waals surface area contributed by atoms with E-state index in [2.05, 4.69) is 36.2 Å². The summed E-state index contributed by atoms with van der Waals surface area (Å²) in [6.45, 7) is 1.85. The molecule has 0 radical (unpaired) electrons. The van der Waals surface area contributed by atoms with Gasteiger partial charge in [-0.15, -0.1) is 10.2 Å². The van der Waals surface area contributed by atoms with Crippen LogP contribution in [0.3, 0.4) is 0 Å². The maximum Gasteiger partial charge on any atom is 0.413 e. The lowest BCUT2D eigenvalue weighted by atomic mass is 10.2. The number of halogens is 1. The molecule has 0 unspecified atom stereocenters. The fraction of sp³-hybridized carbons (Fsp3) is 0.231. The van der Waals surface area contributed by atoms with Crippen molar-refractivity contribution < 1.29 is 18.7 Å². The molecule has 0 aliphatic carbocycles. The molecule has 0 spiro atoms. The molecule has 2 rings (SSSR count). The average molecular weight is 386 g/mol. The lowest BCUT2D eigenvalue weighted by Gasteiger charge is -2.02. The number of nitrogens with zero attached hydrogens (tertiary/aromatic N) is 2. The fourth-order valence-electron chi connectivity index (χ4n) is 1.42. The molecular formula is C13H12BrN3O4S. The van der Waals surface area contributed by atoms with E-state index < -0.39 is 12.0 Å². The molecule has 0 bridgehead atoms. The molecule has 116 valence electrons. The summed E-state index contributed by atoms with van der Waals surface area (Å²) in [4.78, 5) is 22.6.